The second-order valence-electron chi connectivity index (χ2n) is 5.84. The number of nitrogens with one attached hydrogen (secondary N) is 1. The molecule has 2 aromatic rings. The number of imidazole rings is 1. The van der Waals surface area contributed by atoms with Gasteiger partial charge in [0.1, 0.15) is 5.82 Å². The quantitative estimate of drug-likeness (QED) is 0.775. The van der Waals surface area contributed by atoms with Crippen LogP contribution in [0.2, 0.25) is 0 Å². The zero-order valence-corrected chi connectivity index (χ0v) is 12.4. The predicted octanol–water partition coefficient (Wildman–Crippen LogP) is 0.697. The topological polar surface area (TPSA) is 89.5 Å². The van der Waals surface area contributed by atoms with Gasteiger partial charge in [0.2, 0.25) is 5.91 Å². The lowest BCUT2D eigenvalue weighted by Crippen LogP contribution is -2.47. The van der Waals surface area contributed by atoms with E-state index in [9.17, 15) is 9.90 Å². The van der Waals surface area contributed by atoms with Gasteiger partial charge in [0.05, 0.1) is 17.1 Å². The molecule has 3 N–H and O–H groups in total. The molecule has 1 amide bonds. The number of likely N-dealkylation sites (tertiary alicyclic amines) is 1. The maximum absolute atomic E-state index is 12.2. The van der Waals surface area contributed by atoms with Gasteiger partial charge in [-0.05, 0) is 18.6 Å². The molecule has 6 nitrogen and oxygen atoms in total. The second-order valence-corrected chi connectivity index (χ2v) is 5.84. The lowest BCUT2D eigenvalue weighted by Gasteiger charge is -2.35. The van der Waals surface area contributed by atoms with Crippen molar-refractivity contribution in [3.8, 4) is 0 Å². The summed E-state index contributed by atoms with van der Waals surface area (Å²) in [5, 5.41) is 19.0. The fourth-order valence-electron chi connectivity index (χ4n) is 2.93. The number of benzene rings is 1. The van der Waals surface area contributed by atoms with Crippen molar-refractivity contribution in [1.29, 1.82) is 0 Å². The third-order valence-corrected chi connectivity index (χ3v) is 4.32. The molecular weight excluding hydrogens is 282 g/mol. The molecule has 0 radical (unpaired) electrons. The number of hydrogen-bond donors (Lipinski definition) is 3. The van der Waals surface area contributed by atoms with Gasteiger partial charge < -0.3 is 20.1 Å². The summed E-state index contributed by atoms with van der Waals surface area (Å²) >= 11 is 0. The van der Waals surface area contributed by atoms with Gasteiger partial charge in [-0.15, -0.1) is 0 Å². The van der Waals surface area contributed by atoms with Crippen LogP contribution < -0.4 is 0 Å². The highest BCUT2D eigenvalue weighted by Crippen LogP contribution is 2.18. The largest absolute Gasteiger partial charge is 0.396 e. The number of β-amino-alcohol motifs (C(OH)–C–C–N with tert-alkyl or cyclic N) is 1. The molecule has 1 fully saturated rings. The Bertz CT molecular complexity index is 622. The maximum Gasteiger partial charge on any atom is 0.223 e. The van der Waals surface area contributed by atoms with Gasteiger partial charge in [-0.25, -0.2) is 4.98 Å². The van der Waals surface area contributed by atoms with Crippen LogP contribution in [0, 0.1) is 5.92 Å². The number of hydrogen-bond acceptors (Lipinski definition) is 4. The molecule has 1 aliphatic rings. The second kappa shape index (κ2) is 6.46. The van der Waals surface area contributed by atoms with E-state index in [-0.39, 0.29) is 18.4 Å². The van der Waals surface area contributed by atoms with Crippen molar-refractivity contribution in [2.24, 2.45) is 5.92 Å². The summed E-state index contributed by atoms with van der Waals surface area (Å²) in [5.74, 6) is 0.718. The fraction of sp³-hybridized carbons (Fsp3) is 0.500. The number of carbonyl (C=O) groups excluding carboxylic acids is 1. The number of aliphatic hydroxyl groups is 2. The highest BCUT2D eigenvalue weighted by Gasteiger charge is 2.29. The lowest BCUT2D eigenvalue weighted by atomic mass is 9.94. The fourth-order valence-corrected chi connectivity index (χ4v) is 2.93. The summed E-state index contributed by atoms with van der Waals surface area (Å²) in [6.07, 6.45) is 0.947. The number of aliphatic hydroxyl groups excluding tert-OH is 2. The van der Waals surface area contributed by atoms with E-state index in [1.54, 1.807) is 4.90 Å². The van der Waals surface area contributed by atoms with Gasteiger partial charge in [0.15, 0.2) is 0 Å². The number of carbonyl (C=O) groups is 1. The van der Waals surface area contributed by atoms with Gasteiger partial charge in [-0.1, -0.05) is 12.1 Å². The summed E-state index contributed by atoms with van der Waals surface area (Å²) < 4.78 is 0. The van der Waals surface area contributed by atoms with Crippen molar-refractivity contribution >= 4 is 16.9 Å². The summed E-state index contributed by atoms with van der Waals surface area (Å²) in [4.78, 5) is 21.6. The van der Waals surface area contributed by atoms with Crippen LogP contribution in [0.3, 0.4) is 0 Å². The molecule has 0 saturated carbocycles. The monoisotopic (exact) mass is 303 g/mol. The molecule has 1 aromatic carbocycles. The number of piperidine rings is 1. The van der Waals surface area contributed by atoms with Gasteiger partial charge >= 0.3 is 0 Å². The summed E-state index contributed by atoms with van der Waals surface area (Å²) in [6.45, 7) is 0.883. The van der Waals surface area contributed by atoms with Gasteiger partial charge in [0.25, 0.3) is 0 Å². The van der Waals surface area contributed by atoms with Crippen LogP contribution in [-0.4, -0.2) is 56.8 Å². The Balaban J connectivity index is 1.56. The minimum Gasteiger partial charge on any atom is -0.396 e. The van der Waals surface area contributed by atoms with Crippen LogP contribution in [0.5, 0.6) is 0 Å². The standard InChI is InChI=1S/C16H21N3O3/c20-10-11-7-8-19(9-14(11)21)16(22)6-5-15-17-12-3-1-2-4-13(12)18-15/h1-4,11,14,20-21H,5-10H2,(H,17,18)/t11-,14-/m1/s1. The number of nitrogens with zero attached hydrogens (tertiary/aromatic N) is 2. The smallest absolute Gasteiger partial charge is 0.223 e. The molecule has 0 unspecified atom stereocenters. The van der Waals surface area contributed by atoms with E-state index >= 15 is 0 Å². The van der Waals surface area contributed by atoms with Crippen LogP contribution in [-0.2, 0) is 11.2 Å². The third-order valence-electron chi connectivity index (χ3n) is 4.32. The van der Waals surface area contributed by atoms with Gasteiger partial charge in [-0.2, -0.15) is 0 Å². The number of rotatable bonds is 4. The first-order valence-corrected chi connectivity index (χ1v) is 7.67. The minimum atomic E-state index is -0.631. The van der Waals surface area contributed by atoms with E-state index in [1.165, 1.54) is 0 Å². The number of fused-ring (bicyclic) bond motifs is 1. The Morgan fingerprint density at radius 2 is 2.23 bits per heavy atom. The van der Waals surface area contributed by atoms with Crippen LogP contribution >= 0.6 is 0 Å². The molecule has 0 spiro atoms. The van der Waals surface area contributed by atoms with Gasteiger partial charge in [-0.3, -0.25) is 4.79 Å². The van der Waals surface area contributed by atoms with Gasteiger partial charge in [0, 0.05) is 38.5 Å². The number of para-hydroxylation sites is 2. The number of aryl methyl sites for hydroxylation is 1. The number of aromatic amines is 1. The molecule has 118 valence electrons. The molecular formula is C16H21N3O3. The molecule has 0 bridgehead atoms. The molecule has 22 heavy (non-hydrogen) atoms. The van der Waals surface area contributed by atoms with E-state index in [0.717, 1.165) is 16.9 Å². The Hall–Kier alpha value is -1.92. The Morgan fingerprint density at radius 1 is 1.41 bits per heavy atom. The lowest BCUT2D eigenvalue weighted by molar-refractivity contribution is -0.136. The van der Waals surface area contributed by atoms with E-state index in [2.05, 4.69) is 9.97 Å². The van der Waals surface area contributed by atoms with Crippen LogP contribution in [0.15, 0.2) is 24.3 Å². The summed E-state index contributed by atoms with van der Waals surface area (Å²) in [7, 11) is 0. The number of aromatic nitrogens is 2. The van der Waals surface area contributed by atoms with E-state index < -0.39 is 6.10 Å². The van der Waals surface area contributed by atoms with Crippen molar-refractivity contribution in [2.75, 3.05) is 19.7 Å². The first kappa shape index (κ1) is 15.0. The Labute approximate surface area is 128 Å². The molecule has 2 atom stereocenters. The van der Waals surface area contributed by atoms with E-state index in [4.69, 9.17) is 5.11 Å². The molecule has 6 heteroatoms. The zero-order valence-electron chi connectivity index (χ0n) is 12.4. The highest BCUT2D eigenvalue weighted by atomic mass is 16.3. The SMILES string of the molecule is O=C(CCc1nc2ccccc2[nH]1)N1CC[C@H](CO)[C@H](O)C1. The summed E-state index contributed by atoms with van der Waals surface area (Å²) in [6, 6.07) is 7.78. The third kappa shape index (κ3) is 3.13. The predicted molar refractivity (Wildman–Crippen MR) is 82.2 cm³/mol. The minimum absolute atomic E-state index is 0.0240. The first-order valence-electron chi connectivity index (χ1n) is 7.67. The van der Waals surface area contributed by atoms with E-state index in [0.29, 0.717) is 32.4 Å². The summed E-state index contributed by atoms with van der Waals surface area (Å²) in [5.41, 5.74) is 1.88. The molecule has 1 aromatic heterocycles. The van der Waals surface area contributed by atoms with Crippen LogP contribution in [0.4, 0.5) is 0 Å². The van der Waals surface area contributed by atoms with Crippen molar-refractivity contribution in [1.82, 2.24) is 14.9 Å². The zero-order chi connectivity index (χ0) is 15.5. The maximum atomic E-state index is 12.2. The normalized spacial score (nSPS) is 22.2. The molecule has 2 heterocycles. The van der Waals surface area contributed by atoms with Crippen LogP contribution in [0.25, 0.3) is 11.0 Å². The van der Waals surface area contributed by atoms with Crippen molar-refractivity contribution in [3.05, 3.63) is 30.1 Å². The average Bonchev–Trinajstić information content (AvgIpc) is 2.95. The molecule has 0 aliphatic carbocycles. The van der Waals surface area contributed by atoms with Crippen molar-refractivity contribution < 1.29 is 15.0 Å². The van der Waals surface area contributed by atoms with E-state index in [1.807, 2.05) is 24.3 Å². The molecule has 1 saturated heterocycles. The Kier molecular flexibility index (Phi) is 4.40. The van der Waals surface area contributed by atoms with Crippen molar-refractivity contribution in [3.63, 3.8) is 0 Å². The Morgan fingerprint density at radius 3 is 2.95 bits per heavy atom. The highest BCUT2D eigenvalue weighted by molar-refractivity contribution is 5.77. The number of amides is 1. The number of H-pyrrole nitrogens is 1. The molecule has 3 rings (SSSR count). The van der Waals surface area contributed by atoms with Crippen molar-refractivity contribution in [2.45, 2.75) is 25.4 Å². The molecule has 1 aliphatic heterocycles. The van der Waals surface area contributed by atoms with Crippen LogP contribution in [0.1, 0.15) is 18.7 Å². The first-order chi connectivity index (χ1) is 10.7. The average molecular weight is 303 g/mol.